The second kappa shape index (κ2) is 7.81. The van der Waals surface area contributed by atoms with E-state index >= 15 is 0 Å². The van der Waals surface area contributed by atoms with Crippen LogP contribution in [-0.2, 0) is 13.0 Å². The number of pyridine rings is 1. The Balaban J connectivity index is 1.48. The number of rotatable bonds is 4. The minimum Gasteiger partial charge on any atom is -0.351 e. The Hall–Kier alpha value is -3.19. The molecule has 1 aromatic carbocycles. The second-order valence-corrected chi connectivity index (χ2v) is 8.37. The van der Waals surface area contributed by atoms with Gasteiger partial charge in [-0.3, -0.25) is 4.79 Å². The van der Waals surface area contributed by atoms with Crippen molar-refractivity contribution in [2.75, 3.05) is 26.2 Å². The molecule has 0 aliphatic carbocycles. The maximum absolute atomic E-state index is 12.9. The number of aromatic nitrogens is 4. The van der Waals surface area contributed by atoms with E-state index in [9.17, 15) is 4.79 Å². The Kier molecular flexibility index (Phi) is 4.98. The molecule has 2 N–H and O–H groups in total. The number of nitrogens with zero attached hydrogens (tertiary/aromatic N) is 4. The van der Waals surface area contributed by atoms with E-state index in [0.29, 0.717) is 12.2 Å². The monoisotopic (exact) mass is 416 g/mol. The summed E-state index contributed by atoms with van der Waals surface area (Å²) in [5.41, 5.74) is 6.90. The fourth-order valence-electron chi connectivity index (χ4n) is 4.50. The summed E-state index contributed by atoms with van der Waals surface area (Å²) in [6.07, 6.45) is 0.852. The average molecular weight is 417 g/mol. The van der Waals surface area contributed by atoms with Gasteiger partial charge in [0.2, 0.25) is 0 Å². The summed E-state index contributed by atoms with van der Waals surface area (Å²) in [5, 5.41) is 4.34. The van der Waals surface area contributed by atoms with E-state index < -0.39 is 0 Å². The number of hydrogen-bond donors (Lipinski definition) is 2. The van der Waals surface area contributed by atoms with Crippen molar-refractivity contribution < 1.29 is 4.79 Å². The number of hydrogen-bond acceptors (Lipinski definition) is 4. The van der Waals surface area contributed by atoms with Crippen LogP contribution in [0.4, 0.5) is 0 Å². The number of carbonyl (C=O) groups excluding carboxylic acids is 1. The van der Waals surface area contributed by atoms with Crippen molar-refractivity contribution >= 4 is 28.0 Å². The number of aryl methyl sites for hydroxylation is 3. The van der Waals surface area contributed by atoms with Gasteiger partial charge < -0.3 is 19.8 Å². The highest BCUT2D eigenvalue weighted by molar-refractivity contribution is 5.98. The molecule has 4 heterocycles. The smallest absolute Gasteiger partial charge is 0.270 e. The molecule has 0 saturated carbocycles. The van der Waals surface area contributed by atoms with Gasteiger partial charge >= 0.3 is 0 Å². The average Bonchev–Trinajstić information content (AvgIpc) is 3.35. The van der Waals surface area contributed by atoms with Crippen molar-refractivity contribution in [1.82, 2.24) is 29.7 Å². The molecule has 0 radical (unpaired) electrons. The van der Waals surface area contributed by atoms with Gasteiger partial charge in [-0.15, -0.1) is 0 Å². The van der Waals surface area contributed by atoms with Crippen LogP contribution in [0.25, 0.3) is 22.1 Å². The quantitative estimate of drug-likeness (QED) is 0.536. The molecule has 1 saturated heterocycles. The standard InChI is InChI=1S/C24H28N6O/c1-4-21-28-22-15(2)11-16(3)26-23(22)30(21)14-17-5-6-19-18(12-17)13-20(27-19)24(31)29-9-7-25-8-10-29/h5-6,11-13,25,27H,4,7-10,14H2,1-3H3. The van der Waals surface area contributed by atoms with Gasteiger partial charge in [0.1, 0.15) is 17.0 Å². The van der Waals surface area contributed by atoms with Crippen LogP contribution in [0.2, 0.25) is 0 Å². The van der Waals surface area contributed by atoms with Crippen molar-refractivity contribution in [3.63, 3.8) is 0 Å². The van der Waals surface area contributed by atoms with E-state index in [1.54, 1.807) is 0 Å². The third-order valence-corrected chi connectivity index (χ3v) is 6.08. The first-order chi connectivity index (χ1) is 15.0. The third kappa shape index (κ3) is 3.59. The first-order valence-electron chi connectivity index (χ1n) is 11.0. The normalized spacial score (nSPS) is 14.6. The van der Waals surface area contributed by atoms with Crippen LogP contribution >= 0.6 is 0 Å². The minimum atomic E-state index is 0.0725. The summed E-state index contributed by atoms with van der Waals surface area (Å²) in [6.45, 7) is 10.1. The van der Waals surface area contributed by atoms with Crippen LogP contribution in [0.15, 0.2) is 30.3 Å². The Labute approximate surface area is 181 Å². The molecular weight excluding hydrogens is 388 g/mol. The van der Waals surface area contributed by atoms with Crippen LogP contribution in [0.5, 0.6) is 0 Å². The Morgan fingerprint density at radius 1 is 1.10 bits per heavy atom. The first-order valence-corrected chi connectivity index (χ1v) is 11.0. The van der Waals surface area contributed by atoms with Gasteiger partial charge in [0.05, 0.1) is 6.54 Å². The number of amides is 1. The topological polar surface area (TPSA) is 78.8 Å². The molecule has 0 atom stereocenters. The zero-order valence-corrected chi connectivity index (χ0v) is 18.3. The molecule has 1 amide bonds. The number of piperazine rings is 1. The Morgan fingerprint density at radius 2 is 1.90 bits per heavy atom. The first kappa shape index (κ1) is 19.8. The summed E-state index contributed by atoms with van der Waals surface area (Å²) in [6, 6.07) is 10.4. The van der Waals surface area contributed by atoms with E-state index in [1.807, 2.05) is 17.9 Å². The van der Waals surface area contributed by atoms with E-state index in [4.69, 9.17) is 9.97 Å². The molecule has 1 fully saturated rings. The summed E-state index contributed by atoms with van der Waals surface area (Å²) in [4.78, 5) is 27.7. The zero-order chi connectivity index (χ0) is 21.5. The van der Waals surface area contributed by atoms with Gasteiger partial charge in [0.25, 0.3) is 5.91 Å². The highest BCUT2D eigenvalue weighted by atomic mass is 16.2. The molecule has 7 heteroatoms. The number of H-pyrrole nitrogens is 1. The zero-order valence-electron chi connectivity index (χ0n) is 18.3. The van der Waals surface area contributed by atoms with Gasteiger partial charge in [-0.25, -0.2) is 9.97 Å². The molecule has 31 heavy (non-hydrogen) atoms. The van der Waals surface area contributed by atoms with Crippen molar-refractivity contribution in [2.45, 2.75) is 33.7 Å². The summed E-state index contributed by atoms with van der Waals surface area (Å²) >= 11 is 0. The van der Waals surface area contributed by atoms with Crippen LogP contribution in [-0.4, -0.2) is 56.5 Å². The Morgan fingerprint density at radius 3 is 2.68 bits per heavy atom. The summed E-state index contributed by atoms with van der Waals surface area (Å²) < 4.78 is 2.22. The number of imidazole rings is 1. The highest BCUT2D eigenvalue weighted by Gasteiger charge is 2.20. The van der Waals surface area contributed by atoms with Gasteiger partial charge in [-0.1, -0.05) is 13.0 Å². The number of fused-ring (bicyclic) bond motifs is 2. The number of aromatic amines is 1. The van der Waals surface area contributed by atoms with Gasteiger partial charge in [-0.05, 0) is 49.2 Å². The number of carbonyl (C=O) groups is 1. The lowest BCUT2D eigenvalue weighted by atomic mass is 10.1. The summed E-state index contributed by atoms with van der Waals surface area (Å²) in [7, 11) is 0. The van der Waals surface area contributed by atoms with E-state index in [0.717, 1.165) is 71.7 Å². The van der Waals surface area contributed by atoms with Gasteiger partial charge in [0.15, 0.2) is 5.65 Å². The summed E-state index contributed by atoms with van der Waals surface area (Å²) in [5.74, 6) is 1.11. The maximum Gasteiger partial charge on any atom is 0.270 e. The lowest BCUT2D eigenvalue weighted by Crippen LogP contribution is -2.46. The highest BCUT2D eigenvalue weighted by Crippen LogP contribution is 2.23. The van der Waals surface area contributed by atoms with E-state index in [-0.39, 0.29) is 5.91 Å². The lowest BCUT2D eigenvalue weighted by molar-refractivity contribution is 0.0731. The molecule has 0 spiro atoms. The predicted octanol–water partition coefficient (Wildman–Crippen LogP) is 3.19. The minimum absolute atomic E-state index is 0.0725. The molecule has 5 rings (SSSR count). The van der Waals surface area contributed by atoms with Crippen molar-refractivity contribution in [1.29, 1.82) is 0 Å². The van der Waals surface area contributed by atoms with Crippen molar-refractivity contribution in [3.8, 4) is 0 Å². The molecule has 7 nitrogen and oxygen atoms in total. The molecule has 160 valence electrons. The third-order valence-electron chi connectivity index (χ3n) is 6.08. The van der Waals surface area contributed by atoms with Crippen LogP contribution in [0, 0.1) is 13.8 Å². The molecule has 1 aliphatic heterocycles. The van der Waals surface area contributed by atoms with Gasteiger partial charge in [0, 0.05) is 49.2 Å². The molecule has 1 aliphatic rings. The molecule has 3 aromatic heterocycles. The fourth-order valence-corrected chi connectivity index (χ4v) is 4.50. The molecule has 0 unspecified atom stereocenters. The number of nitrogens with one attached hydrogen (secondary N) is 2. The van der Waals surface area contributed by atoms with Crippen LogP contribution < -0.4 is 5.32 Å². The van der Waals surface area contributed by atoms with Crippen molar-refractivity contribution in [3.05, 3.63) is 58.7 Å². The van der Waals surface area contributed by atoms with E-state index in [2.05, 4.69) is 53.0 Å². The molecule has 4 aromatic rings. The Bertz CT molecular complexity index is 1280. The molecular formula is C24H28N6O. The van der Waals surface area contributed by atoms with Crippen molar-refractivity contribution in [2.24, 2.45) is 0 Å². The van der Waals surface area contributed by atoms with E-state index in [1.165, 1.54) is 5.56 Å². The van der Waals surface area contributed by atoms with Gasteiger partial charge in [-0.2, -0.15) is 0 Å². The largest absolute Gasteiger partial charge is 0.351 e. The van der Waals surface area contributed by atoms with Crippen LogP contribution in [0.3, 0.4) is 0 Å². The SMILES string of the molecule is CCc1nc2c(C)cc(C)nc2n1Cc1ccc2[nH]c(C(=O)N3CCNCC3)cc2c1. The lowest BCUT2D eigenvalue weighted by Gasteiger charge is -2.26. The van der Waals surface area contributed by atoms with Crippen LogP contribution in [0.1, 0.15) is 40.1 Å². The second-order valence-electron chi connectivity index (χ2n) is 8.37. The number of benzene rings is 1. The maximum atomic E-state index is 12.9. The fraction of sp³-hybridized carbons (Fsp3) is 0.375. The predicted molar refractivity (Wildman–Crippen MR) is 123 cm³/mol. The molecule has 0 bridgehead atoms.